The topological polar surface area (TPSA) is 117 Å². The minimum absolute atomic E-state index is 0.0525. The third kappa shape index (κ3) is 7.19. The van der Waals surface area contributed by atoms with Gasteiger partial charge in [0.05, 0.1) is 5.92 Å². The number of anilines is 1. The Kier molecular flexibility index (Phi) is 8.25. The quantitative estimate of drug-likeness (QED) is 0.505. The van der Waals surface area contributed by atoms with Gasteiger partial charge in [0.1, 0.15) is 0 Å². The van der Waals surface area contributed by atoms with Crippen molar-refractivity contribution in [3.8, 4) is 0 Å². The molecule has 0 bridgehead atoms. The first-order valence-corrected chi connectivity index (χ1v) is 9.82. The maximum absolute atomic E-state index is 12.2. The van der Waals surface area contributed by atoms with Crippen LogP contribution in [0.2, 0.25) is 0 Å². The molecule has 154 valence electrons. The van der Waals surface area contributed by atoms with Crippen molar-refractivity contribution < 1.29 is 14.4 Å². The summed E-state index contributed by atoms with van der Waals surface area (Å²) < 4.78 is 0. The number of urea groups is 1. The number of carbonyl (C=O) groups is 3. The molecule has 1 atom stereocenters. The number of nitrogens with zero attached hydrogens (tertiary/aromatic N) is 1. The Labute approximate surface area is 166 Å². The summed E-state index contributed by atoms with van der Waals surface area (Å²) in [6.45, 7) is 6.84. The molecule has 1 aromatic carbocycles. The molecule has 8 heteroatoms. The Bertz CT molecular complexity index is 675. The molecule has 5 N–H and O–H groups in total. The van der Waals surface area contributed by atoms with E-state index in [0.29, 0.717) is 24.3 Å². The van der Waals surface area contributed by atoms with E-state index in [2.05, 4.69) is 20.9 Å². The van der Waals surface area contributed by atoms with Crippen LogP contribution in [0, 0.1) is 5.92 Å². The number of hydrogen-bond donors (Lipinski definition) is 4. The number of piperidine rings is 1. The predicted molar refractivity (Wildman–Crippen MR) is 109 cm³/mol. The molecular weight excluding hydrogens is 358 g/mol. The van der Waals surface area contributed by atoms with Gasteiger partial charge in [-0.05, 0) is 70.5 Å². The number of amides is 4. The molecule has 0 aliphatic carbocycles. The van der Waals surface area contributed by atoms with Crippen LogP contribution in [0.15, 0.2) is 24.3 Å². The highest BCUT2D eigenvalue weighted by Crippen LogP contribution is 2.16. The Morgan fingerprint density at radius 2 is 1.93 bits per heavy atom. The summed E-state index contributed by atoms with van der Waals surface area (Å²) in [5.74, 6) is -0.428. The van der Waals surface area contributed by atoms with Gasteiger partial charge in [-0.25, -0.2) is 4.79 Å². The molecule has 0 aromatic heterocycles. The highest BCUT2D eigenvalue weighted by atomic mass is 16.2. The number of nitrogens with two attached hydrogens (primary N) is 1. The SMILES string of the molecule is CC(C)NC(=O)Nc1ccc(C(=O)NCCCN2CCCC(C(N)=O)C2)cc1. The maximum atomic E-state index is 12.2. The van der Waals surface area contributed by atoms with Crippen LogP contribution in [0.3, 0.4) is 0 Å². The van der Waals surface area contributed by atoms with Crippen molar-refractivity contribution in [1.29, 1.82) is 0 Å². The molecule has 1 aliphatic heterocycles. The van der Waals surface area contributed by atoms with Gasteiger partial charge in [0.15, 0.2) is 0 Å². The minimum atomic E-state index is -0.275. The average Bonchev–Trinajstić information content (AvgIpc) is 2.65. The van der Waals surface area contributed by atoms with Crippen molar-refractivity contribution in [3.63, 3.8) is 0 Å². The lowest BCUT2D eigenvalue weighted by Crippen LogP contribution is -2.42. The van der Waals surface area contributed by atoms with E-state index in [4.69, 9.17) is 5.73 Å². The number of primary amides is 1. The van der Waals surface area contributed by atoms with Gasteiger partial charge in [-0.2, -0.15) is 0 Å². The van der Waals surface area contributed by atoms with Crippen LogP contribution in [-0.4, -0.2) is 55.0 Å². The summed E-state index contributed by atoms with van der Waals surface area (Å²) in [6.07, 6.45) is 2.66. The first-order chi connectivity index (χ1) is 13.3. The summed E-state index contributed by atoms with van der Waals surface area (Å²) >= 11 is 0. The molecule has 1 heterocycles. The number of hydrogen-bond acceptors (Lipinski definition) is 4. The molecular formula is C20H31N5O3. The van der Waals surface area contributed by atoms with Gasteiger partial charge in [-0.1, -0.05) is 0 Å². The van der Waals surface area contributed by atoms with E-state index in [-0.39, 0.29) is 29.8 Å². The van der Waals surface area contributed by atoms with E-state index < -0.39 is 0 Å². The van der Waals surface area contributed by atoms with E-state index in [1.807, 2.05) is 13.8 Å². The van der Waals surface area contributed by atoms with Gasteiger partial charge in [-0.15, -0.1) is 0 Å². The smallest absolute Gasteiger partial charge is 0.319 e. The van der Waals surface area contributed by atoms with Gasteiger partial charge >= 0.3 is 6.03 Å². The first-order valence-electron chi connectivity index (χ1n) is 9.82. The van der Waals surface area contributed by atoms with Gasteiger partial charge < -0.3 is 26.6 Å². The lowest BCUT2D eigenvalue weighted by molar-refractivity contribution is -0.123. The van der Waals surface area contributed by atoms with E-state index in [9.17, 15) is 14.4 Å². The fourth-order valence-electron chi connectivity index (χ4n) is 3.23. The lowest BCUT2D eigenvalue weighted by Gasteiger charge is -2.31. The monoisotopic (exact) mass is 389 g/mol. The van der Waals surface area contributed by atoms with Crippen LogP contribution in [0.1, 0.15) is 43.5 Å². The predicted octanol–water partition coefficient (Wildman–Crippen LogP) is 1.53. The van der Waals surface area contributed by atoms with Crippen LogP contribution < -0.4 is 21.7 Å². The second-order valence-electron chi connectivity index (χ2n) is 7.48. The first kappa shape index (κ1) is 21.7. The van der Waals surface area contributed by atoms with Crippen molar-refractivity contribution in [2.75, 3.05) is 31.5 Å². The highest BCUT2D eigenvalue weighted by molar-refractivity contribution is 5.95. The van der Waals surface area contributed by atoms with E-state index >= 15 is 0 Å². The second kappa shape index (κ2) is 10.7. The Balaban J connectivity index is 1.70. The van der Waals surface area contributed by atoms with Crippen LogP contribution in [-0.2, 0) is 4.79 Å². The minimum Gasteiger partial charge on any atom is -0.369 e. The molecule has 1 aliphatic rings. The fourth-order valence-corrected chi connectivity index (χ4v) is 3.23. The lowest BCUT2D eigenvalue weighted by atomic mass is 9.97. The summed E-state index contributed by atoms with van der Waals surface area (Å²) in [7, 11) is 0. The molecule has 4 amide bonds. The van der Waals surface area contributed by atoms with E-state index in [1.54, 1.807) is 24.3 Å². The Hall–Kier alpha value is -2.61. The zero-order valence-electron chi connectivity index (χ0n) is 16.7. The summed E-state index contributed by atoms with van der Waals surface area (Å²) in [5, 5.41) is 8.36. The van der Waals surface area contributed by atoms with Crippen LogP contribution >= 0.6 is 0 Å². The van der Waals surface area contributed by atoms with Crippen molar-refractivity contribution >= 4 is 23.5 Å². The van der Waals surface area contributed by atoms with Crippen LogP contribution in [0.5, 0.6) is 0 Å². The number of benzene rings is 1. The molecule has 1 saturated heterocycles. The molecule has 0 saturated carbocycles. The molecule has 1 aromatic rings. The maximum Gasteiger partial charge on any atom is 0.319 e. The summed E-state index contributed by atoms with van der Waals surface area (Å²) in [4.78, 5) is 37.5. The third-order valence-electron chi connectivity index (χ3n) is 4.67. The molecule has 1 fully saturated rings. The molecule has 0 spiro atoms. The summed E-state index contributed by atoms with van der Waals surface area (Å²) in [5.41, 5.74) is 6.57. The van der Waals surface area contributed by atoms with Crippen LogP contribution in [0.25, 0.3) is 0 Å². The normalized spacial score (nSPS) is 17.2. The number of rotatable bonds is 8. The molecule has 1 unspecified atom stereocenters. The Morgan fingerprint density at radius 1 is 1.21 bits per heavy atom. The third-order valence-corrected chi connectivity index (χ3v) is 4.67. The molecule has 28 heavy (non-hydrogen) atoms. The van der Waals surface area contributed by atoms with Crippen molar-refractivity contribution in [1.82, 2.24) is 15.5 Å². The van der Waals surface area contributed by atoms with Crippen molar-refractivity contribution in [2.45, 2.75) is 39.2 Å². The largest absolute Gasteiger partial charge is 0.369 e. The molecule has 8 nitrogen and oxygen atoms in total. The Morgan fingerprint density at radius 3 is 2.57 bits per heavy atom. The zero-order chi connectivity index (χ0) is 20.5. The van der Waals surface area contributed by atoms with Gasteiger partial charge in [0.2, 0.25) is 5.91 Å². The van der Waals surface area contributed by atoms with E-state index in [1.165, 1.54) is 0 Å². The van der Waals surface area contributed by atoms with Gasteiger partial charge in [-0.3, -0.25) is 9.59 Å². The standard InChI is InChI=1S/C20H31N5O3/c1-14(2)23-20(28)24-17-8-6-15(7-9-17)19(27)22-10-4-12-25-11-3-5-16(13-25)18(21)26/h6-9,14,16H,3-5,10-13H2,1-2H3,(H2,21,26)(H,22,27)(H2,23,24,28). The second-order valence-corrected chi connectivity index (χ2v) is 7.48. The number of nitrogens with one attached hydrogen (secondary N) is 3. The van der Waals surface area contributed by atoms with Crippen LogP contribution in [0.4, 0.5) is 10.5 Å². The molecule has 2 rings (SSSR count). The highest BCUT2D eigenvalue weighted by Gasteiger charge is 2.23. The van der Waals surface area contributed by atoms with Gasteiger partial charge in [0.25, 0.3) is 5.91 Å². The summed E-state index contributed by atoms with van der Waals surface area (Å²) in [6, 6.07) is 6.55. The van der Waals surface area contributed by atoms with E-state index in [0.717, 1.165) is 32.4 Å². The number of likely N-dealkylation sites (tertiary alicyclic amines) is 1. The average molecular weight is 390 g/mol. The van der Waals surface area contributed by atoms with Gasteiger partial charge in [0, 0.05) is 30.4 Å². The van der Waals surface area contributed by atoms with Crippen molar-refractivity contribution in [3.05, 3.63) is 29.8 Å². The zero-order valence-corrected chi connectivity index (χ0v) is 16.7. The number of carbonyl (C=O) groups excluding carboxylic acids is 3. The fraction of sp³-hybridized carbons (Fsp3) is 0.550. The molecule has 0 radical (unpaired) electrons. The van der Waals surface area contributed by atoms with Crippen molar-refractivity contribution in [2.24, 2.45) is 11.7 Å².